The number of hydrogen-bond donors (Lipinski definition) is 0. The van der Waals surface area contributed by atoms with Crippen LogP contribution < -0.4 is 0 Å². The summed E-state index contributed by atoms with van der Waals surface area (Å²) in [6, 6.07) is 3.82. The van der Waals surface area contributed by atoms with Crippen LogP contribution in [-0.2, 0) is 9.57 Å². The van der Waals surface area contributed by atoms with E-state index in [2.05, 4.69) is 10.1 Å². The number of pyridine rings is 1. The first-order valence-corrected chi connectivity index (χ1v) is 7.06. The third-order valence-electron chi connectivity index (χ3n) is 3.51. The molecule has 0 N–H and O–H groups in total. The summed E-state index contributed by atoms with van der Waals surface area (Å²) in [5.74, 6) is 0.0849. The summed E-state index contributed by atoms with van der Waals surface area (Å²) >= 11 is 0. The van der Waals surface area contributed by atoms with Crippen molar-refractivity contribution in [3.05, 3.63) is 30.1 Å². The summed E-state index contributed by atoms with van der Waals surface area (Å²) in [6.07, 6.45) is 3.10. The predicted octanol–water partition coefficient (Wildman–Crippen LogP) is 2.05. The molecule has 0 aromatic carbocycles. The van der Waals surface area contributed by atoms with E-state index >= 15 is 0 Å². The van der Waals surface area contributed by atoms with Crippen molar-refractivity contribution in [2.24, 2.45) is 11.1 Å². The number of rotatable bonds is 1. The Bertz CT molecular complexity index is 565. The highest BCUT2D eigenvalue weighted by molar-refractivity contribution is 6.03. The van der Waals surface area contributed by atoms with Gasteiger partial charge in [-0.05, 0) is 32.9 Å². The number of nitrogens with zero attached hydrogens (tertiary/aromatic N) is 3. The molecule has 1 aromatic heterocycles. The minimum absolute atomic E-state index is 0.0849. The zero-order valence-corrected chi connectivity index (χ0v) is 12.4. The molecule has 1 fully saturated rings. The maximum absolute atomic E-state index is 12.1. The fourth-order valence-electron chi connectivity index (χ4n) is 2.59. The van der Waals surface area contributed by atoms with Crippen molar-refractivity contribution in [1.29, 1.82) is 0 Å². The van der Waals surface area contributed by atoms with E-state index in [-0.39, 0.29) is 18.1 Å². The van der Waals surface area contributed by atoms with Crippen molar-refractivity contribution in [3.8, 4) is 0 Å². The Morgan fingerprint density at radius 3 is 2.90 bits per heavy atom. The number of aromatic nitrogens is 1. The molecule has 3 heterocycles. The number of hydrogen-bond acceptors (Lipinski definition) is 5. The van der Waals surface area contributed by atoms with Gasteiger partial charge in [0.05, 0.1) is 18.2 Å². The molecule has 1 amide bonds. The molecular weight excluding hydrogens is 270 g/mol. The third-order valence-corrected chi connectivity index (χ3v) is 3.51. The van der Waals surface area contributed by atoms with Crippen molar-refractivity contribution >= 4 is 11.8 Å². The minimum atomic E-state index is -0.490. The highest BCUT2D eigenvalue weighted by atomic mass is 16.6. The average molecular weight is 289 g/mol. The molecule has 6 heteroatoms. The molecule has 0 saturated carbocycles. The average Bonchev–Trinajstić information content (AvgIpc) is 2.97. The van der Waals surface area contributed by atoms with Gasteiger partial charge >= 0.3 is 6.09 Å². The van der Waals surface area contributed by atoms with Crippen molar-refractivity contribution < 1.29 is 14.4 Å². The summed E-state index contributed by atoms with van der Waals surface area (Å²) < 4.78 is 5.41. The molecular formula is C15H19N3O3. The maximum Gasteiger partial charge on any atom is 0.410 e. The van der Waals surface area contributed by atoms with Gasteiger partial charge in [-0.1, -0.05) is 5.16 Å². The van der Waals surface area contributed by atoms with Gasteiger partial charge in [0.25, 0.3) is 0 Å². The Morgan fingerprint density at radius 1 is 1.43 bits per heavy atom. The molecule has 0 spiro atoms. The van der Waals surface area contributed by atoms with Crippen LogP contribution in [0.3, 0.4) is 0 Å². The lowest BCUT2D eigenvalue weighted by molar-refractivity contribution is 0.0228. The van der Waals surface area contributed by atoms with Gasteiger partial charge in [-0.15, -0.1) is 0 Å². The van der Waals surface area contributed by atoms with Crippen LogP contribution in [0.2, 0.25) is 0 Å². The van der Waals surface area contributed by atoms with Crippen molar-refractivity contribution in [1.82, 2.24) is 9.88 Å². The van der Waals surface area contributed by atoms with E-state index in [0.717, 1.165) is 11.3 Å². The van der Waals surface area contributed by atoms with Gasteiger partial charge in [0.15, 0.2) is 6.10 Å². The quantitative estimate of drug-likeness (QED) is 0.793. The molecule has 21 heavy (non-hydrogen) atoms. The topological polar surface area (TPSA) is 64.0 Å². The highest BCUT2D eigenvalue weighted by Crippen LogP contribution is 2.30. The van der Waals surface area contributed by atoms with Crippen LogP contribution in [0, 0.1) is 5.92 Å². The molecule has 112 valence electrons. The molecule has 0 bridgehead atoms. The molecule has 2 unspecified atom stereocenters. The number of carbonyl (C=O) groups excluding carboxylic acids is 1. The highest BCUT2D eigenvalue weighted by Gasteiger charge is 2.45. The van der Waals surface area contributed by atoms with Crippen LogP contribution in [-0.4, -0.2) is 46.5 Å². The summed E-state index contributed by atoms with van der Waals surface area (Å²) in [5, 5.41) is 4.16. The summed E-state index contributed by atoms with van der Waals surface area (Å²) in [5.41, 5.74) is 1.31. The largest absolute Gasteiger partial charge is 0.444 e. The van der Waals surface area contributed by atoms with Crippen LogP contribution in [0.5, 0.6) is 0 Å². The Labute approximate surface area is 123 Å². The van der Waals surface area contributed by atoms with Crippen LogP contribution >= 0.6 is 0 Å². The van der Waals surface area contributed by atoms with Crippen LogP contribution in [0.1, 0.15) is 26.3 Å². The standard InChI is InChI=1S/C15H19N3O3/c1-15(2,3)20-14(19)18-8-11-12(9-18)21-17-13(11)10-5-4-6-16-7-10/h4-7,11-12H,8-9H2,1-3H3. The van der Waals surface area contributed by atoms with Crippen LogP contribution in [0.25, 0.3) is 0 Å². The van der Waals surface area contributed by atoms with Gasteiger partial charge in [0.1, 0.15) is 5.60 Å². The molecule has 1 saturated heterocycles. The van der Waals surface area contributed by atoms with Gasteiger partial charge in [-0.3, -0.25) is 4.98 Å². The lowest BCUT2D eigenvalue weighted by Gasteiger charge is -2.24. The lowest BCUT2D eigenvalue weighted by atomic mass is 9.96. The second kappa shape index (κ2) is 5.02. The number of likely N-dealkylation sites (tertiary alicyclic amines) is 1. The predicted molar refractivity (Wildman–Crippen MR) is 76.9 cm³/mol. The first-order chi connectivity index (χ1) is 9.94. The summed E-state index contributed by atoms with van der Waals surface area (Å²) in [7, 11) is 0. The van der Waals surface area contributed by atoms with E-state index in [0.29, 0.717) is 13.1 Å². The van der Waals surface area contributed by atoms with Crippen molar-refractivity contribution in [2.45, 2.75) is 32.5 Å². The molecule has 0 aliphatic carbocycles. The smallest absolute Gasteiger partial charge is 0.410 e. The number of amides is 1. The van der Waals surface area contributed by atoms with Crippen LogP contribution in [0.15, 0.2) is 29.7 Å². The number of oxime groups is 1. The molecule has 2 atom stereocenters. The van der Waals surface area contributed by atoms with Gasteiger partial charge in [0.2, 0.25) is 0 Å². The molecule has 2 aliphatic heterocycles. The molecule has 6 nitrogen and oxygen atoms in total. The van der Waals surface area contributed by atoms with E-state index in [4.69, 9.17) is 9.57 Å². The monoisotopic (exact) mass is 289 g/mol. The fraction of sp³-hybridized carbons (Fsp3) is 0.533. The second-order valence-corrected chi connectivity index (χ2v) is 6.35. The van der Waals surface area contributed by atoms with E-state index in [1.165, 1.54) is 0 Å². The Morgan fingerprint density at radius 2 is 2.24 bits per heavy atom. The molecule has 2 aliphatic rings. The van der Waals surface area contributed by atoms with Gasteiger partial charge in [-0.2, -0.15) is 0 Å². The Hall–Kier alpha value is -2.11. The maximum atomic E-state index is 12.1. The molecule has 0 radical (unpaired) electrons. The molecule has 1 aromatic rings. The van der Waals surface area contributed by atoms with Gasteiger partial charge in [0, 0.05) is 24.5 Å². The van der Waals surface area contributed by atoms with Crippen molar-refractivity contribution in [3.63, 3.8) is 0 Å². The fourth-order valence-corrected chi connectivity index (χ4v) is 2.59. The zero-order valence-electron chi connectivity index (χ0n) is 12.4. The summed E-state index contributed by atoms with van der Waals surface area (Å²) in [6.45, 7) is 6.66. The van der Waals surface area contributed by atoms with Gasteiger partial charge in [-0.25, -0.2) is 4.79 Å². The number of carbonyl (C=O) groups is 1. The van der Waals surface area contributed by atoms with E-state index in [1.807, 2.05) is 32.9 Å². The van der Waals surface area contributed by atoms with Crippen molar-refractivity contribution in [2.75, 3.05) is 13.1 Å². The number of ether oxygens (including phenoxy) is 1. The lowest BCUT2D eigenvalue weighted by Crippen LogP contribution is -2.36. The van der Waals surface area contributed by atoms with Gasteiger partial charge < -0.3 is 14.5 Å². The normalized spacial score (nSPS) is 24.3. The Kier molecular flexibility index (Phi) is 3.31. The third kappa shape index (κ3) is 2.84. The zero-order chi connectivity index (χ0) is 15.0. The SMILES string of the molecule is CC(C)(C)OC(=O)N1CC2ON=C(c3cccnc3)C2C1. The van der Waals surface area contributed by atoms with E-state index in [9.17, 15) is 4.79 Å². The van der Waals surface area contributed by atoms with E-state index in [1.54, 1.807) is 17.3 Å². The first kappa shape index (κ1) is 13.9. The van der Waals surface area contributed by atoms with E-state index < -0.39 is 5.60 Å². The molecule has 3 rings (SSSR count). The van der Waals surface area contributed by atoms with Crippen LogP contribution in [0.4, 0.5) is 4.79 Å². The first-order valence-electron chi connectivity index (χ1n) is 7.06. The Balaban J connectivity index is 1.70. The number of fused-ring (bicyclic) bond motifs is 1. The summed E-state index contributed by atoms with van der Waals surface area (Å²) in [4.78, 5) is 23.4. The second-order valence-electron chi connectivity index (χ2n) is 6.35. The minimum Gasteiger partial charge on any atom is -0.444 e.